The predicted molar refractivity (Wildman–Crippen MR) is 172 cm³/mol. The summed E-state index contributed by atoms with van der Waals surface area (Å²) in [6, 6.07) is 38.4. The molecule has 3 nitrogen and oxygen atoms in total. The third-order valence-electron chi connectivity index (χ3n) is 8.48. The number of benzene rings is 5. The van der Waals surface area contributed by atoms with Gasteiger partial charge in [-0.25, -0.2) is 4.57 Å². The Morgan fingerprint density at radius 2 is 1.33 bits per heavy atom. The summed E-state index contributed by atoms with van der Waals surface area (Å²) in [5, 5.41) is 14.6. The van der Waals surface area contributed by atoms with E-state index in [1.807, 2.05) is 30.3 Å². The van der Waals surface area contributed by atoms with E-state index in [1.54, 1.807) is 0 Å². The van der Waals surface area contributed by atoms with Crippen LogP contribution in [0.5, 0.6) is 0 Å². The number of pyridine rings is 1. The monoisotopic (exact) mass is 543 g/mol. The molecule has 0 aliphatic heterocycles. The number of hydrogen-bond acceptors (Lipinski definition) is 2. The van der Waals surface area contributed by atoms with Crippen LogP contribution in [0, 0.1) is 18.3 Å². The predicted octanol–water partition coefficient (Wildman–Crippen LogP) is 9.87. The van der Waals surface area contributed by atoms with Gasteiger partial charge in [-0.15, -0.1) is 0 Å². The maximum atomic E-state index is 10.1. The average Bonchev–Trinajstić information content (AvgIpc) is 3.40. The van der Waals surface area contributed by atoms with Crippen molar-refractivity contribution in [2.75, 3.05) is 0 Å². The first kappa shape index (κ1) is 25.7. The first-order valence-electron chi connectivity index (χ1n) is 14.4. The molecule has 5 aromatic carbocycles. The molecule has 202 valence electrons. The first-order valence-corrected chi connectivity index (χ1v) is 14.4. The fourth-order valence-corrected chi connectivity index (χ4v) is 6.20. The van der Waals surface area contributed by atoms with Gasteiger partial charge in [0.25, 0.3) is 0 Å². The van der Waals surface area contributed by atoms with Gasteiger partial charge >= 0.3 is 0 Å². The lowest BCUT2D eigenvalue weighted by Gasteiger charge is -2.11. The molecule has 0 amide bonds. The summed E-state index contributed by atoms with van der Waals surface area (Å²) in [5.41, 5.74) is 11.0. The Bertz CT molecular complexity index is 2180. The van der Waals surface area contributed by atoms with E-state index in [0.29, 0.717) is 11.5 Å². The molecule has 42 heavy (non-hydrogen) atoms. The lowest BCUT2D eigenvalue weighted by Crippen LogP contribution is -2.30. The molecule has 0 aliphatic carbocycles. The molecular formula is C39H31N2O+. The van der Waals surface area contributed by atoms with E-state index in [4.69, 9.17) is 4.42 Å². The molecule has 0 atom stereocenters. The van der Waals surface area contributed by atoms with Crippen LogP contribution in [-0.4, -0.2) is 0 Å². The summed E-state index contributed by atoms with van der Waals surface area (Å²) in [4.78, 5) is 0. The topological polar surface area (TPSA) is 40.8 Å². The summed E-state index contributed by atoms with van der Waals surface area (Å²) >= 11 is 0. The van der Waals surface area contributed by atoms with Crippen molar-refractivity contribution in [1.29, 1.82) is 5.26 Å². The highest BCUT2D eigenvalue weighted by molar-refractivity contribution is 6.15. The van der Waals surface area contributed by atoms with E-state index in [2.05, 4.69) is 117 Å². The van der Waals surface area contributed by atoms with E-state index in [0.717, 1.165) is 61.0 Å². The fraction of sp³-hybridized carbons (Fsp3) is 0.128. The molecule has 2 heterocycles. The zero-order valence-corrected chi connectivity index (χ0v) is 24.3. The summed E-state index contributed by atoms with van der Waals surface area (Å²) < 4.78 is 9.05. The van der Waals surface area contributed by atoms with Crippen molar-refractivity contribution >= 4 is 32.7 Å². The molecule has 0 radical (unpaired) electrons. The smallest absolute Gasteiger partial charge is 0.224 e. The Labute approximate surface area is 245 Å². The summed E-state index contributed by atoms with van der Waals surface area (Å²) in [7, 11) is 2.10. The van der Waals surface area contributed by atoms with Crippen LogP contribution in [0.1, 0.15) is 36.5 Å². The average molecular weight is 544 g/mol. The molecule has 7 aromatic rings. The summed E-state index contributed by atoms with van der Waals surface area (Å²) in [5.74, 6) is 0.460. The van der Waals surface area contributed by atoms with Crippen LogP contribution in [0.2, 0.25) is 0 Å². The van der Waals surface area contributed by atoms with Crippen LogP contribution in [0.25, 0.3) is 66.2 Å². The Morgan fingerprint density at radius 3 is 2.05 bits per heavy atom. The van der Waals surface area contributed by atoms with Crippen LogP contribution >= 0.6 is 0 Å². The van der Waals surface area contributed by atoms with Crippen LogP contribution in [0.4, 0.5) is 0 Å². The molecule has 2 aromatic heterocycles. The molecule has 0 aliphatic rings. The van der Waals surface area contributed by atoms with Gasteiger partial charge in [0.15, 0.2) is 6.20 Å². The maximum Gasteiger partial charge on any atom is 0.224 e. The molecule has 0 fully saturated rings. The van der Waals surface area contributed by atoms with Gasteiger partial charge in [0, 0.05) is 22.4 Å². The van der Waals surface area contributed by atoms with Crippen molar-refractivity contribution in [3.05, 3.63) is 126 Å². The van der Waals surface area contributed by atoms with Crippen LogP contribution in [0.15, 0.2) is 114 Å². The van der Waals surface area contributed by atoms with Crippen molar-refractivity contribution in [3.63, 3.8) is 0 Å². The largest absolute Gasteiger partial charge is 0.454 e. The Hall–Kier alpha value is -5.20. The van der Waals surface area contributed by atoms with Crippen LogP contribution in [0.3, 0.4) is 0 Å². The van der Waals surface area contributed by atoms with Gasteiger partial charge in [0.1, 0.15) is 18.2 Å². The molecule has 0 spiro atoms. The summed E-state index contributed by atoms with van der Waals surface area (Å²) in [6.07, 6.45) is 2.14. The molecular weight excluding hydrogens is 512 g/mol. The van der Waals surface area contributed by atoms with Crippen molar-refractivity contribution < 1.29 is 8.98 Å². The molecule has 0 bridgehead atoms. The number of rotatable bonds is 4. The third kappa shape index (κ3) is 4.07. The second-order valence-corrected chi connectivity index (χ2v) is 11.4. The van der Waals surface area contributed by atoms with E-state index >= 15 is 0 Å². The van der Waals surface area contributed by atoms with Gasteiger partial charge in [-0.2, -0.15) is 5.26 Å². The molecule has 3 heteroatoms. The Morgan fingerprint density at radius 1 is 0.690 bits per heavy atom. The van der Waals surface area contributed by atoms with Crippen molar-refractivity contribution in [1.82, 2.24) is 0 Å². The van der Waals surface area contributed by atoms with Crippen LogP contribution < -0.4 is 4.57 Å². The highest BCUT2D eigenvalue weighted by Gasteiger charge is 2.25. The number of fused-ring (bicyclic) bond motifs is 4. The van der Waals surface area contributed by atoms with Crippen molar-refractivity contribution in [3.8, 4) is 39.6 Å². The van der Waals surface area contributed by atoms with Crippen molar-refractivity contribution in [2.24, 2.45) is 7.05 Å². The minimum atomic E-state index is 0.460. The minimum Gasteiger partial charge on any atom is -0.454 e. The summed E-state index contributed by atoms with van der Waals surface area (Å²) in [6.45, 7) is 6.60. The number of nitriles is 1. The molecule has 0 saturated heterocycles. The third-order valence-corrected chi connectivity index (χ3v) is 8.48. The SMILES string of the molecule is Cc1ccc2c(oc3c(-c4ccc(-c5ccccc5)cc4)c(C#N)ccc32)c1-c1c2ccc(C(C)C)cc2cc[n+]1C. The number of aromatic nitrogens is 1. The van der Waals surface area contributed by atoms with Crippen molar-refractivity contribution in [2.45, 2.75) is 26.7 Å². The van der Waals surface area contributed by atoms with Gasteiger partial charge in [0.05, 0.1) is 22.6 Å². The van der Waals surface area contributed by atoms with Gasteiger partial charge in [-0.1, -0.05) is 92.7 Å². The lowest BCUT2D eigenvalue weighted by atomic mass is 9.93. The number of hydrogen-bond donors (Lipinski definition) is 0. The highest BCUT2D eigenvalue weighted by atomic mass is 16.3. The number of aryl methyl sites for hydroxylation is 2. The minimum absolute atomic E-state index is 0.460. The molecule has 0 N–H and O–H groups in total. The quantitative estimate of drug-likeness (QED) is 0.207. The van der Waals surface area contributed by atoms with E-state index in [9.17, 15) is 5.26 Å². The van der Waals surface area contributed by atoms with Gasteiger partial charge in [-0.05, 0) is 64.2 Å². The molecule has 0 unspecified atom stereocenters. The zero-order chi connectivity index (χ0) is 29.0. The lowest BCUT2D eigenvalue weighted by molar-refractivity contribution is -0.659. The van der Waals surface area contributed by atoms with E-state index < -0.39 is 0 Å². The standard InChI is InChI=1S/C39H31N2O/c1-24(2)29-15-18-32-30(22-29)20-21-41(4)37(32)35-25(3)10-17-33-34-19-16-31(23-40)36(39(34)42-38(33)35)28-13-11-27(12-14-28)26-8-6-5-7-9-26/h5-22,24H,1-4H3/q+1. The second-order valence-electron chi connectivity index (χ2n) is 11.4. The van der Waals surface area contributed by atoms with E-state index in [-0.39, 0.29) is 0 Å². The maximum absolute atomic E-state index is 10.1. The highest BCUT2D eigenvalue weighted by Crippen LogP contribution is 2.43. The van der Waals surface area contributed by atoms with Gasteiger partial charge < -0.3 is 4.42 Å². The van der Waals surface area contributed by atoms with Gasteiger partial charge in [0.2, 0.25) is 5.69 Å². The number of furan rings is 1. The molecule has 7 rings (SSSR count). The normalized spacial score (nSPS) is 11.5. The number of nitrogens with zero attached hydrogens (tertiary/aromatic N) is 2. The second kappa shape index (κ2) is 10.0. The zero-order valence-electron chi connectivity index (χ0n) is 24.3. The molecule has 0 saturated carbocycles. The fourth-order valence-electron chi connectivity index (χ4n) is 6.20. The Balaban J connectivity index is 1.49. The van der Waals surface area contributed by atoms with Gasteiger partial charge in [-0.3, -0.25) is 0 Å². The first-order chi connectivity index (χ1) is 20.4. The van der Waals surface area contributed by atoms with Crippen LogP contribution in [-0.2, 0) is 7.05 Å². The Kier molecular flexibility index (Phi) is 6.14. The van der Waals surface area contributed by atoms with E-state index in [1.165, 1.54) is 16.3 Å².